The van der Waals surface area contributed by atoms with E-state index in [-0.39, 0.29) is 6.10 Å². The van der Waals surface area contributed by atoms with Gasteiger partial charge in [-0.15, -0.1) is 0 Å². The number of ether oxygens (including phenoxy) is 1. The number of hydrogen-bond donors (Lipinski definition) is 0. The van der Waals surface area contributed by atoms with Gasteiger partial charge >= 0.3 is 0 Å². The smallest absolute Gasteiger partial charge is 0.132 e. The summed E-state index contributed by atoms with van der Waals surface area (Å²) in [5.41, 5.74) is 2.98. The van der Waals surface area contributed by atoms with E-state index in [0.717, 1.165) is 29.7 Å². The third-order valence-electron chi connectivity index (χ3n) is 3.39. The monoisotopic (exact) mass is 291 g/mol. The van der Waals surface area contributed by atoms with Crippen molar-refractivity contribution in [3.05, 3.63) is 58.9 Å². The molecular weight excluding hydrogens is 279 g/mol. The van der Waals surface area contributed by atoms with Crippen molar-refractivity contribution in [2.45, 2.75) is 18.9 Å². The fourth-order valence-corrected chi connectivity index (χ4v) is 2.91. The Morgan fingerprint density at radius 1 is 1.11 bits per heavy atom. The quantitative estimate of drug-likeness (QED) is 0.740. The molecule has 2 aromatic rings. The van der Waals surface area contributed by atoms with Crippen LogP contribution >= 0.6 is 23.2 Å². The fraction of sp³-hybridized carbons (Fsp3) is 0.188. The van der Waals surface area contributed by atoms with Gasteiger partial charge in [-0.05, 0) is 31.0 Å². The van der Waals surface area contributed by atoms with Crippen molar-refractivity contribution in [2.75, 3.05) is 0 Å². The van der Waals surface area contributed by atoms with Crippen LogP contribution in [-0.4, -0.2) is 6.10 Å². The predicted octanol–water partition coefficient (Wildman–Crippen LogP) is 5.19. The summed E-state index contributed by atoms with van der Waals surface area (Å²) in [6.07, 6.45) is 1.76. The van der Waals surface area contributed by atoms with Crippen molar-refractivity contribution >= 4 is 23.2 Å². The molecule has 3 rings (SSSR count). The first-order chi connectivity index (χ1) is 9.20. The normalized spacial score (nSPS) is 17.1. The summed E-state index contributed by atoms with van der Waals surface area (Å²) in [5, 5.41) is 1.34. The van der Waals surface area contributed by atoms with E-state index < -0.39 is 0 Å². The highest BCUT2D eigenvalue weighted by Crippen LogP contribution is 2.45. The molecule has 0 spiro atoms. The van der Waals surface area contributed by atoms with Gasteiger partial charge in [0.2, 0.25) is 0 Å². The molecule has 1 unspecified atom stereocenters. The third kappa shape index (κ3) is 2.22. The van der Waals surface area contributed by atoms with Crippen LogP contribution in [0, 0.1) is 6.92 Å². The molecule has 0 amide bonds. The van der Waals surface area contributed by atoms with Gasteiger partial charge in [-0.25, -0.2) is 0 Å². The SMILES string of the molecule is [CH2]CC1Cc2ccc(Cl)c(-c3ccccc3Cl)c2O1. The Hall–Kier alpha value is -1.18. The van der Waals surface area contributed by atoms with Crippen LogP contribution in [-0.2, 0) is 6.42 Å². The molecule has 0 fully saturated rings. The molecule has 1 atom stereocenters. The highest BCUT2D eigenvalue weighted by molar-refractivity contribution is 6.36. The zero-order valence-corrected chi connectivity index (χ0v) is 11.8. The molecule has 1 aliphatic rings. The average molecular weight is 292 g/mol. The van der Waals surface area contributed by atoms with Crippen LogP contribution in [0.4, 0.5) is 0 Å². The van der Waals surface area contributed by atoms with Crippen LogP contribution in [0.3, 0.4) is 0 Å². The summed E-state index contributed by atoms with van der Waals surface area (Å²) in [4.78, 5) is 0. The van der Waals surface area contributed by atoms with Gasteiger partial charge < -0.3 is 4.74 Å². The van der Waals surface area contributed by atoms with E-state index in [9.17, 15) is 0 Å². The van der Waals surface area contributed by atoms with Crippen LogP contribution in [0.1, 0.15) is 12.0 Å². The van der Waals surface area contributed by atoms with E-state index in [1.165, 1.54) is 5.56 Å². The Morgan fingerprint density at radius 3 is 2.63 bits per heavy atom. The molecule has 0 saturated carbocycles. The van der Waals surface area contributed by atoms with Gasteiger partial charge in [0.25, 0.3) is 0 Å². The van der Waals surface area contributed by atoms with Gasteiger partial charge in [-0.1, -0.05) is 47.5 Å². The number of hydrogen-bond acceptors (Lipinski definition) is 1. The van der Waals surface area contributed by atoms with E-state index in [4.69, 9.17) is 27.9 Å². The fourth-order valence-electron chi connectivity index (χ4n) is 2.43. The van der Waals surface area contributed by atoms with Gasteiger partial charge in [0.15, 0.2) is 0 Å². The lowest BCUT2D eigenvalue weighted by Crippen LogP contribution is -2.10. The first-order valence-electron chi connectivity index (χ1n) is 6.23. The van der Waals surface area contributed by atoms with Crippen LogP contribution < -0.4 is 4.74 Å². The van der Waals surface area contributed by atoms with Crippen molar-refractivity contribution in [3.8, 4) is 16.9 Å². The second kappa shape index (κ2) is 5.07. The van der Waals surface area contributed by atoms with E-state index in [1.807, 2.05) is 36.4 Å². The Labute approximate surface area is 123 Å². The van der Waals surface area contributed by atoms with Gasteiger partial charge in [0, 0.05) is 22.6 Å². The summed E-state index contributed by atoms with van der Waals surface area (Å²) in [6.45, 7) is 3.91. The van der Waals surface area contributed by atoms with E-state index >= 15 is 0 Å². The van der Waals surface area contributed by atoms with Crippen molar-refractivity contribution in [1.82, 2.24) is 0 Å². The standard InChI is InChI=1S/C16H13Cl2O/c1-2-11-9-10-7-8-14(18)15(16(10)19-11)12-5-3-4-6-13(12)17/h3-8,11H,1-2,9H2. The summed E-state index contributed by atoms with van der Waals surface area (Å²) in [5.74, 6) is 0.856. The second-order valence-electron chi connectivity index (χ2n) is 4.62. The molecule has 1 radical (unpaired) electrons. The van der Waals surface area contributed by atoms with Gasteiger partial charge in [0.05, 0.1) is 5.02 Å². The van der Waals surface area contributed by atoms with Gasteiger partial charge in [-0.2, -0.15) is 0 Å². The maximum absolute atomic E-state index is 6.35. The molecular formula is C16H13Cl2O. The van der Waals surface area contributed by atoms with Crippen molar-refractivity contribution in [1.29, 1.82) is 0 Å². The maximum Gasteiger partial charge on any atom is 0.132 e. The topological polar surface area (TPSA) is 9.23 Å². The molecule has 19 heavy (non-hydrogen) atoms. The van der Waals surface area contributed by atoms with Crippen molar-refractivity contribution in [2.24, 2.45) is 0 Å². The minimum atomic E-state index is 0.134. The Bertz CT molecular complexity index is 622. The molecule has 0 aliphatic carbocycles. The Morgan fingerprint density at radius 2 is 1.89 bits per heavy atom. The Balaban J connectivity index is 2.18. The molecule has 1 aliphatic heterocycles. The zero-order chi connectivity index (χ0) is 13.4. The molecule has 3 heteroatoms. The van der Waals surface area contributed by atoms with E-state index in [1.54, 1.807) is 0 Å². The molecule has 0 N–H and O–H groups in total. The van der Waals surface area contributed by atoms with Gasteiger partial charge in [0.1, 0.15) is 11.9 Å². The molecule has 97 valence electrons. The first kappa shape index (κ1) is 12.8. The van der Waals surface area contributed by atoms with Crippen LogP contribution in [0.15, 0.2) is 36.4 Å². The van der Waals surface area contributed by atoms with Crippen molar-refractivity contribution in [3.63, 3.8) is 0 Å². The molecule has 1 heterocycles. The minimum Gasteiger partial charge on any atom is -0.489 e. The number of rotatable bonds is 2. The second-order valence-corrected chi connectivity index (χ2v) is 5.44. The zero-order valence-electron chi connectivity index (χ0n) is 10.3. The summed E-state index contributed by atoms with van der Waals surface area (Å²) >= 11 is 12.6. The molecule has 0 saturated heterocycles. The molecule has 0 bridgehead atoms. The largest absolute Gasteiger partial charge is 0.489 e. The summed E-state index contributed by atoms with van der Waals surface area (Å²) in [7, 11) is 0. The molecule has 2 aromatic carbocycles. The maximum atomic E-state index is 6.35. The molecule has 1 nitrogen and oxygen atoms in total. The third-order valence-corrected chi connectivity index (χ3v) is 4.03. The van der Waals surface area contributed by atoms with Crippen molar-refractivity contribution < 1.29 is 4.74 Å². The van der Waals surface area contributed by atoms with Crippen LogP contribution in [0.2, 0.25) is 10.0 Å². The van der Waals surface area contributed by atoms with Crippen LogP contribution in [0.25, 0.3) is 11.1 Å². The highest BCUT2D eigenvalue weighted by atomic mass is 35.5. The average Bonchev–Trinajstić information content (AvgIpc) is 2.83. The first-order valence-corrected chi connectivity index (χ1v) is 6.98. The summed E-state index contributed by atoms with van der Waals surface area (Å²) in [6, 6.07) is 11.6. The highest BCUT2D eigenvalue weighted by Gasteiger charge is 2.26. The number of benzene rings is 2. The predicted molar refractivity (Wildman–Crippen MR) is 80.0 cm³/mol. The lowest BCUT2D eigenvalue weighted by atomic mass is 10.00. The minimum absolute atomic E-state index is 0.134. The van der Waals surface area contributed by atoms with E-state index in [0.29, 0.717) is 10.0 Å². The summed E-state index contributed by atoms with van der Waals surface area (Å²) < 4.78 is 5.97. The lowest BCUT2D eigenvalue weighted by Gasteiger charge is -2.13. The van der Waals surface area contributed by atoms with Gasteiger partial charge in [-0.3, -0.25) is 0 Å². The van der Waals surface area contributed by atoms with Crippen LogP contribution in [0.5, 0.6) is 5.75 Å². The lowest BCUT2D eigenvalue weighted by molar-refractivity contribution is 0.236. The Kier molecular flexibility index (Phi) is 3.42. The number of fused-ring (bicyclic) bond motifs is 1. The number of halogens is 2. The molecule has 0 aromatic heterocycles. The van der Waals surface area contributed by atoms with E-state index in [2.05, 4.69) is 6.92 Å².